The molecule has 0 aliphatic carbocycles. The highest BCUT2D eigenvalue weighted by molar-refractivity contribution is 6.00. The Morgan fingerprint density at radius 3 is 2.69 bits per heavy atom. The fourth-order valence-corrected chi connectivity index (χ4v) is 4.12. The van der Waals surface area contributed by atoms with Crippen LogP contribution >= 0.6 is 0 Å². The van der Waals surface area contributed by atoms with Crippen molar-refractivity contribution in [2.75, 3.05) is 31.2 Å². The maximum atomic E-state index is 14.0. The summed E-state index contributed by atoms with van der Waals surface area (Å²) in [7, 11) is 0. The van der Waals surface area contributed by atoms with E-state index in [0.29, 0.717) is 19.8 Å². The van der Waals surface area contributed by atoms with Gasteiger partial charge in [0.15, 0.2) is 6.29 Å². The number of carbonyl (C=O) groups excluding carboxylic acids is 2. The Bertz CT molecular complexity index is 692. The van der Waals surface area contributed by atoms with E-state index in [1.807, 2.05) is 4.90 Å². The average molecular weight is 362 g/mol. The molecule has 3 aliphatic heterocycles. The van der Waals surface area contributed by atoms with E-state index < -0.39 is 11.7 Å². The fourth-order valence-electron chi connectivity index (χ4n) is 4.12. The van der Waals surface area contributed by atoms with Gasteiger partial charge in [-0.1, -0.05) is 12.1 Å². The molecular formula is C19H23FN2O4. The number of benzene rings is 1. The van der Waals surface area contributed by atoms with Crippen LogP contribution < -0.4 is 4.90 Å². The Morgan fingerprint density at radius 2 is 1.92 bits per heavy atom. The third-order valence-electron chi connectivity index (χ3n) is 5.41. The minimum absolute atomic E-state index is 0.0546. The number of halogens is 1. The van der Waals surface area contributed by atoms with Crippen LogP contribution in [-0.2, 0) is 19.1 Å². The highest BCUT2D eigenvalue weighted by Crippen LogP contribution is 2.31. The van der Waals surface area contributed by atoms with Crippen LogP contribution in [0.15, 0.2) is 24.3 Å². The lowest BCUT2D eigenvalue weighted by Crippen LogP contribution is -2.52. The number of amides is 2. The van der Waals surface area contributed by atoms with Crippen molar-refractivity contribution in [3.05, 3.63) is 30.1 Å². The summed E-state index contributed by atoms with van der Waals surface area (Å²) in [5.41, 5.74) is 0.241. The van der Waals surface area contributed by atoms with Crippen LogP contribution in [0.25, 0.3) is 0 Å². The first kappa shape index (κ1) is 17.4. The van der Waals surface area contributed by atoms with Gasteiger partial charge in [0, 0.05) is 19.5 Å². The minimum atomic E-state index is -0.455. The summed E-state index contributed by atoms with van der Waals surface area (Å²) in [6.07, 6.45) is 2.55. The number of rotatable bonds is 3. The molecule has 0 bridgehead atoms. The lowest BCUT2D eigenvalue weighted by Gasteiger charge is -2.39. The Morgan fingerprint density at radius 1 is 1.15 bits per heavy atom. The molecule has 3 fully saturated rings. The lowest BCUT2D eigenvalue weighted by molar-refractivity contribution is -0.154. The first-order valence-electron chi connectivity index (χ1n) is 9.24. The van der Waals surface area contributed by atoms with Gasteiger partial charge in [-0.2, -0.15) is 0 Å². The summed E-state index contributed by atoms with van der Waals surface area (Å²) >= 11 is 0. The molecule has 2 amide bonds. The molecule has 6 nitrogen and oxygen atoms in total. The van der Waals surface area contributed by atoms with Gasteiger partial charge in [-0.3, -0.25) is 9.59 Å². The third-order valence-corrected chi connectivity index (χ3v) is 5.41. The van der Waals surface area contributed by atoms with Crippen LogP contribution in [0.5, 0.6) is 0 Å². The normalized spacial score (nSPS) is 27.3. The van der Waals surface area contributed by atoms with Gasteiger partial charge < -0.3 is 19.3 Å². The van der Waals surface area contributed by atoms with Crippen LogP contribution in [0.4, 0.5) is 10.1 Å². The van der Waals surface area contributed by atoms with E-state index in [4.69, 9.17) is 9.47 Å². The summed E-state index contributed by atoms with van der Waals surface area (Å²) in [4.78, 5) is 28.7. The number of nitrogens with zero attached hydrogens (tertiary/aromatic N) is 2. The number of ether oxygens (including phenoxy) is 2. The molecule has 3 saturated heterocycles. The zero-order valence-electron chi connectivity index (χ0n) is 14.6. The zero-order chi connectivity index (χ0) is 18.1. The van der Waals surface area contributed by atoms with Crippen molar-refractivity contribution in [3.8, 4) is 0 Å². The van der Waals surface area contributed by atoms with Gasteiger partial charge in [-0.15, -0.1) is 0 Å². The van der Waals surface area contributed by atoms with Crippen molar-refractivity contribution >= 4 is 17.5 Å². The summed E-state index contributed by atoms with van der Waals surface area (Å²) in [5, 5.41) is 0. The monoisotopic (exact) mass is 362 g/mol. The predicted octanol–water partition coefficient (Wildman–Crippen LogP) is 1.93. The van der Waals surface area contributed by atoms with Crippen molar-refractivity contribution in [3.63, 3.8) is 0 Å². The van der Waals surface area contributed by atoms with Crippen LogP contribution in [0.2, 0.25) is 0 Å². The number of anilines is 1. The van der Waals surface area contributed by atoms with Gasteiger partial charge in [0.1, 0.15) is 5.82 Å². The average Bonchev–Trinajstić information content (AvgIpc) is 3.32. The van der Waals surface area contributed by atoms with E-state index in [-0.39, 0.29) is 42.8 Å². The van der Waals surface area contributed by atoms with Gasteiger partial charge in [-0.05, 0) is 31.4 Å². The number of piperidine rings is 1. The van der Waals surface area contributed by atoms with Gasteiger partial charge in [0.25, 0.3) is 0 Å². The third kappa shape index (κ3) is 3.21. The molecule has 0 saturated carbocycles. The predicted molar refractivity (Wildman–Crippen MR) is 91.9 cm³/mol. The Balaban J connectivity index is 1.49. The van der Waals surface area contributed by atoms with Crippen molar-refractivity contribution in [1.82, 2.24) is 4.90 Å². The molecular weight excluding hydrogens is 339 g/mol. The van der Waals surface area contributed by atoms with E-state index in [1.54, 1.807) is 18.2 Å². The molecule has 4 rings (SSSR count). The van der Waals surface area contributed by atoms with E-state index in [2.05, 4.69) is 0 Å². The SMILES string of the molecule is O=C1C[C@H](C(=O)N2CCCC[C@H]2C2OCCO2)CN1c1ccccc1F. The van der Waals surface area contributed by atoms with Crippen LogP contribution in [0, 0.1) is 11.7 Å². The van der Waals surface area contributed by atoms with Gasteiger partial charge in [0.05, 0.1) is 30.9 Å². The van der Waals surface area contributed by atoms with E-state index in [1.165, 1.54) is 11.0 Å². The highest BCUT2D eigenvalue weighted by Gasteiger charge is 2.42. The van der Waals surface area contributed by atoms with E-state index in [0.717, 1.165) is 19.3 Å². The second kappa shape index (κ2) is 7.32. The van der Waals surface area contributed by atoms with Crippen LogP contribution in [-0.4, -0.2) is 55.3 Å². The van der Waals surface area contributed by atoms with Crippen molar-refractivity contribution in [2.45, 2.75) is 38.0 Å². The van der Waals surface area contributed by atoms with Gasteiger partial charge in [0.2, 0.25) is 11.8 Å². The van der Waals surface area contributed by atoms with Crippen LogP contribution in [0.1, 0.15) is 25.7 Å². The van der Waals surface area contributed by atoms with Crippen LogP contribution in [0.3, 0.4) is 0 Å². The molecule has 140 valence electrons. The Labute approximate surface area is 151 Å². The van der Waals surface area contributed by atoms with Crippen molar-refractivity contribution in [2.24, 2.45) is 5.92 Å². The number of para-hydroxylation sites is 1. The van der Waals surface area contributed by atoms with Gasteiger partial charge in [-0.25, -0.2) is 4.39 Å². The maximum Gasteiger partial charge on any atom is 0.228 e. The molecule has 3 aliphatic rings. The largest absolute Gasteiger partial charge is 0.348 e. The highest BCUT2D eigenvalue weighted by atomic mass is 19.1. The molecule has 1 aromatic rings. The maximum absolute atomic E-state index is 14.0. The molecule has 0 N–H and O–H groups in total. The smallest absolute Gasteiger partial charge is 0.228 e. The van der Waals surface area contributed by atoms with E-state index in [9.17, 15) is 14.0 Å². The minimum Gasteiger partial charge on any atom is -0.348 e. The molecule has 0 radical (unpaired) electrons. The second-order valence-corrected chi connectivity index (χ2v) is 7.06. The summed E-state index contributed by atoms with van der Waals surface area (Å²) in [5.74, 6) is -1.17. The molecule has 1 aromatic carbocycles. The number of carbonyl (C=O) groups is 2. The first-order valence-corrected chi connectivity index (χ1v) is 9.24. The summed E-state index contributed by atoms with van der Waals surface area (Å²) in [6.45, 7) is 1.96. The number of hydrogen-bond donors (Lipinski definition) is 0. The van der Waals surface area contributed by atoms with Gasteiger partial charge >= 0.3 is 0 Å². The standard InChI is InChI=1S/C19H23FN2O4/c20-14-5-1-2-6-15(14)22-12-13(11-17(22)23)18(24)21-8-4-3-7-16(21)19-25-9-10-26-19/h1-2,5-6,13,16,19H,3-4,7-12H2/t13-,16-/m0/s1. The van der Waals surface area contributed by atoms with Crippen molar-refractivity contribution in [1.29, 1.82) is 0 Å². The second-order valence-electron chi connectivity index (χ2n) is 7.06. The summed E-state index contributed by atoms with van der Waals surface area (Å²) < 4.78 is 25.3. The molecule has 26 heavy (non-hydrogen) atoms. The summed E-state index contributed by atoms with van der Waals surface area (Å²) in [6, 6.07) is 6.08. The molecule has 2 atom stereocenters. The Kier molecular flexibility index (Phi) is 4.91. The molecule has 3 heterocycles. The topological polar surface area (TPSA) is 59.1 Å². The number of hydrogen-bond acceptors (Lipinski definition) is 4. The lowest BCUT2D eigenvalue weighted by atomic mass is 9.98. The molecule has 0 aromatic heterocycles. The fraction of sp³-hybridized carbons (Fsp3) is 0.579. The molecule has 0 spiro atoms. The zero-order valence-corrected chi connectivity index (χ0v) is 14.6. The van der Waals surface area contributed by atoms with Crippen molar-refractivity contribution < 1.29 is 23.5 Å². The molecule has 7 heteroatoms. The number of likely N-dealkylation sites (tertiary alicyclic amines) is 1. The quantitative estimate of drug-likeness (QED) is 0.825. The first-order chi connectivity index (χ1) is 12.6. The van der Waals surface area contributed by atoms with E-state index >= 15 is 0 Å². The Hall–Kier alpha value is -1.99. The molecule has 0 unspecified atom stereocenters.